The van der Waals surface area contributed by atoms with Crippen LogP contribution in [-0.2, 0) is 11.8 Å². The number of benzene rings is 2. The number of rotatable bonds is 4. The summed E-state index contributed by atoms with van der Waals surface area (Å²) in [5.74, 6) is -1.09. The van der Waals surface area contributed by atoms with Crippen molar-refractivity contribution < 1.29 is 9.59 Å². The minimum Gasteiger partial charge on any atom is -0.368 e. The average Bonchev–Trinajstić information content (AvgIpc) is 2.84. The van der Waals surface area contributed by atoms with Crippen molar-refractivity contribution in [1.82, 2.24) is 9.88 Å². The van der Waals surface area contributed by atoms with Crippen molar-refractivity contribution >= 4 is 34.3 Å². The Morgan fingerprint density at radius 3 is 2.33 bits per heavy atom. The molecule has 0 unspecified atom stereocenters. The molecule has 0 aliphatic rings. The number of amides is 2. The lowest BCUT2D eigenvalue weighted by Gasteiger charge is -2.16. The Morgan fingerprint density at radius 2 is 1.71 bits per heavy atom. The SMILES string of the molecule is Cn1c(C(=O)N[C@H](C(N)=O)c2ccccc2)c(Cl)c2ccccc21. The van der Waals surface area contributed by atoms with E-state index in [1.807, 2.05) is 30.3 Å². The number of halogens is 1. The first-order valence-corrected chi connectivity index (χ1v) is 7.76. The first kappa shape index (κ1) is 16.1. The Balaban J connectivity index is 1.99. The first-order valence-electron chi connectivity index (χ1n) is 7.38. The summed E-state index contributed by atoms with van der Waals surface area (Å²) in [6.45, 7) is 0. The molecule has 0 spiro atoms. The van der Waals surface area contributed by atoms with E-state index in [-0.39, 0.29) is 0 Å². The van der Waals surface area contributed by atoms with Gasteiger partial charge in [0, 0.05) is 18.0 Å². The van der Waals surface area contributed by atoms with Gasteiger partial charge in [-0.05, 0) is 11.6 Å². The molecule has 0 aliphatic heterocycles. The fourth-order valence-electron chi connectivity index (χ4n) is 2.76. The van der Waals surface area contributed by atoms with Crippen LogP contribution >= 0.6 is 11.6 Å². The predicted octanol–water partition coefficient (Wildman–Crippen LogP) is 2.79. The molecule has 0 saturated heterocycles. The fourth-order valence-corrected chi connectivity index (χ4v) is 3.14. The standard InChI is InChI=1S/C18H16ClN3O2/c1-22-13-10-6-5-9-12(13)14(19)16(22)18(24)21-15(17(20)23)11-7-3-2-4-8-11/h2-10,15H,1H3,(H2,20,23)(H,21,24)/t15-/m0/s1. The Hall–Kier alpha value is -2.79. The smallest absolute Gasteiger partial charge is 0.270 e. The van der Waals surface area contributed by atoms with Crippen LogP contribution < -0.4 is 11.1 Å². The molecule has 1 aromatic heterocycles. The van der Waals surface area contributed by atoms with Gasteiger partial charge in [-0.3, -0.25) is 9.59 Å². The van der Waals surface area contributed by atoms with Crippen LogP contribution in [-0.4, -0.2) is 16.4 Å². The van der Waals surface area contributed by atoms with Crippen molar-refractivity contribution in [1.29, 1.82) is 0 Å². The highest BCUT2D eigenvalue weighted by Gasteiger charge is 2.25. The van der Waals surface area contributed by atoms with Gasteiger partial charge in [-0.1, -0.05) is 60.1 Å². The third-order valence-corrected chi connectivity index (χ3v) is 4.34. The quantitative estimate of drug-likeness (QED) is 0.765. The van der Waals surface area contributed by atoms with E-state index < -0.39 is 17.9 Å². The highest BCUT2D eigenvalue weighted by molar-refractivity contribution is 6.38. The summed E-state index contributed by atoms with van der Waals surface area (Å²) in [5.41, 5.74) is 7.20. The number of para-hydroxylation sites is 1. The van der Waals surface area contributed by atoms with Gasteiger partial charge in [0.15, 0.2) is 0 Å². The van der Waals surface area contributed by atoms with E-state index in [0.29, 0.717) is 16.3 Å². The maximum absolute atomic E-state index is 12.7. The molecule has 24 heavy (non-hydrogen) atoms. The Labute approximate surface area is 144 Å². The van der Waals surface area contributed by atoms with Crippen LogP contribution in [0.15, 0.2) is 54.6 Å². The van der Waals surface area contributed by atoms with E-state index in [2.05, 4.69) is 5.32 Å². The molecule has 2 amide bonds. The summed E-state index contributed by atoms with van der Waals surface area (Å²) in [6, 6.07) is 15.4. The number of fused-ring (bicyclic) bond motifs is 1. The van der Waals surface area contributed by atoms with Gasteiger partial charge in [0.25, 0.3) is 5.91 Å². The lowest BCUT2D eigenvalue weighted by Crippen LogP contribution is -2.38. The summed E-state index contributed by atoms with van der Waals surface area (Å²) < 4.78 is 1.70. The van der Waals surface area contributed by atoms with Crippen LogP contribution in [0.1, 0.15) is 22.1 Å². The maximum atomic E-state index is 12.7. The summed E-state index contributed by atoms with van der Waals surface area (Å²) in [4.78, 5) is 24.5. The number of hydrogen-bond acceptors (Lipinski definition) is 2. The van der Waals surface area contributed by atoms with Crippen LogP contribution in [0.5, 0.6) is 0 Å². The molecule has 5 nitrogen and oxygen atoms in total. The second kappa shape index (κ2) is 6.37. The molecule has 0 radical (unpaired) electrons. The monoisotopic (exact) mass is 341 g/mol. The molecule has 3 aromatic rings. The van der Waals surface area contributed by atoms with Gasteiger partial charge in [0.05, 0.1) is 5.02 Å². The molecule has 0 saturated carbocycles. The van der Waals surface area contributed by atoms with Crippen molar-refractivity contribution in [3.63, 3.8) is 0 Å². The summed E-state index contributed by atoms with van der Waals surface area (Å²) >= 11 is 6.37. The van der Waals surface area contributed by atoms with E-state index in [4.69, 9.17) is 17.3 Å². The molecule has 1 heterocycles. The molecule has 6 heteroatoms. The van der Waals surface area contributed by atoms with Crippen molar-refractivity contribution in [2.45, 2.75) is 6.04 Å². The third-order valence-electron chi connectivity index (χ3n) is 3.95. The molecule has 0 aliphatic carbocycles. The highest BCUT2D eigenvalue weighted by Crippen LogP contribution is 2.30. The predicted molar refractivity (Wildman–Crippen MR) is 93.8 cm³/mol. The first-order chi connectivity index (χ1) is 11.5. The minimum atomic E-state index is -0.923. The van der Waals surface area contributed by atoms with Crippen LogP contribution in [0.4, 0.5) is 0 Å². The van der Waals surface area contributed by atoms with Crippen LogP contribution in [0, 0.1) is 0 Å². The number of carbonyl (C=O) groups excluding carboxylic acids is 2. The van der Waals surface area contributed by atoms with E-state index in [9.17, 15) is 9.59 Å². The molecule has 2 aromatic carbocycles. The van der Waals surface area contributed by atoms with E-state index in [1.54, 1.807) is 35.9 Å². The number of nitrogens with two attached hydrogens (primary N) is 1. The lowest BCUT2D eigenvalue weighted by molar-refractivity contribution is -0.120. The number of aryl methyl sites for hydroxylation is 1. The Bertz CT molecular complexity index is 880. The number of hydrogen-bond donors (Lipinski definition) is 2. The number of nitrogens with zero attached hydrogens (tertiary/aromatic N) is 1. The third kappa shape index (κ3) is 2.74. The number of aromatic nitrogens is 1. The molecule has 0 fully saturated rings. The molecule has 1 atom stereocenters. The van der Waals surface area contributed by atoms with Gasteiger partial charge in [-0.25, -0.2) is 0 Å². The Morgan fingerprint density at radius 1 is 1.08 bits per heavy atom. The zero-order valence-electron chi connectivity index (χ0n) is 13.0. The molecule has 0 bridgehead atoms. The van der Waals surface area contributed by atoms with Gasteiger partial charge in [0.1, 0.15) is 11.7 Å². The number of nitrogens with one attached hydrogen (secondary N) is 1. The summed E-state index contributed by atoms with van der Waals surface area (Å²) in [7, 11) is 1.75. The van der Waals surface area contributed by atoms with Gasteiger partial charge >= 0.3 is 0 Å². The topological polar surface area (TPSA) is 77.1 Å². The van der Waals surface area contributed by atoms with Crippen molar-refractivity contribution in [2.75, 3.05) is 0 Å². The second-order valence-corrected chi connectivity index (χ2v) is 5.84. The van der Waals surface area contributed by atoms with Crippen molar-refractivity contribution in [3.8, 4) is 0 Å². The van der Waals surface area contributed by atoms with E-state index >= 15 is 0 Å². The van der Waals surface area contributed by atoms with Gasteiger partial charge in [-0.2, -0.15) is 0 Å². The van der Waals surface area contributed by atoms with Crippen LogP contribution in [0.2, 0.25) is 5.02 Å². The lowest BCUT2D eigenvalue weighted by atomic mass is 10.1. The molecule has 3 N–H and O–H groups in total. The number of primary amides is 1. The van der Waals surface area contributed by atoms with Gasteiger partial charge in [-0.15, -0.1) is 0 Å². The Kier molecular flexibility index (Phi) is 4.27. The van der Waals surface area contributed by atoms with Crippen LogP contribution in [0.25, 0.3) is 10.9 Å². The van der Waals surface area contributed by atoms with E-state index in [1.165, 1.54) is 0 Å². The summed E-state index contributed by atoms with van der Waals surface area (Å²) in [6.07, 6.45) is 0. The van der Waals surface area contributed by atoms with E-state index in [0.717, 1.165) is 10.9 Å². The number of carbonyl (C=O) groups is 2. The van der Waals surface area contributed by atoms with Crippen LogP contribution in [0.3, 0.4) is 0 Å². The zero-order valence-corrected chi connectivity index (χ0v) is 13.7. The largest absolute Gasteiger partial charge is 0.368 e. The maximum Gasteiger partial charge on any atom is 0.270 e. The molecule has 122 valence electrons. The normalized spacial score (nSPS) is 12.1. The second-order valence-electron chi connectivity index (χ2n) is 5.46. The molecular weight excluding hydrogens is 326 g/mol. The van der Waals surface area contributed by atoms with Crippen molar-refractivity contribution in [3.05, 3.63) is 70.9 Å². The zero-order chi connectivity index (χ0) is 17.3. The van der Waals surface area contributed by atoms with Gasteiger partial charge < -0.3 is 15.6 Å². The van der Waals surface area contributed by atoms with Crippen molar-refractivity contribution in [2.24, 2.45) is 12.8 Å². The molecule has 3 rings (SSSR count). The summed E-state index contributed by atoms with van der Waals surface area (Å²) in [5, 5.41) is 3.80. The average molecular weight is 342 g/mol. The van der Waals surface area contributed by atoms with Gasteiger partial charge in [0.2, 0.25) is 5.91 Å². The fraction of sp³-hybridized carbons (Fsp3) is 0.111. The molecular formula is C18H16ClN3O2. The minimum absolute atomic E-state index is 0.292. The highest BCUT2D eigenvalue weighted by atomic mass is 35.5.